The molecular weight excluding hydrogens is 368 g/mol. The van der Waals surface area contributed by atoms with Gasteiger partial charge in [0, 0.05) is 5.56 Å². The smallest absolute Gasteiger partial charge is 0.222 e. The van der Waals surface area contributed by atoms with Gasteiger partial charge in [0.25, 0.3) is 0 Å². The number of nitrogens with two attached hydrogens (primary N) is 1. The molecule has 2 aromatic carbocycles. The maximum absolute atomic E-state index is 9.24. The summed E-state index contributed by atoms with van der Waals surface area (Å²) in [5.74, 6) is 0.809. The number of hydrogen-bond acceptors (Lipinski definition) is 8. The van der Waals surface area contributed by atoms with Crippen LogP contribution in [-0.2, 0) is 6.54 Å². The SMILES string of the molecule is COc1ccc(Cn2nnc3c(-c4cc(C#N)cc(C#N)c4)nc(N)nc32)cc1. The maximum Gasteiger partial charge on any atom is 0.222 e. The van der Waals surface area contributed by atoms with Crippen LogP contribution in [0.4, 0.5) is 5.95 Å². The van der Waals surface area contributed by atoms with Crippen molar-refractivity contribution in [3.8, 4) is 29.1 Å². The van der Waals surface area contributed by atoms with Crippen LogP contribution in [-0.4, -0.2) is 32.1 Å². The largest absolute Gasteiger partial charge is 0.497 e. The van der Waals surface area contributed by atoms with Gasteiger partial charge in [-0.1, -0.05) is 17.3 Å². The minimum Gasteiger partial charge on any atom is -0.497 e. The summed E-state index contributed by atoms with van der Waals surface area (Å²) in [6.45, 7) is 0.429. The van der Waals surface area contributed by atoms with Gasteiger partial charge in [-0.05, 0) is 35.9 Å². The Labute approximate surface area is 165 Å². The number of rotatable bonds is 4. The van der Waals surface area contributed by atoms with Gasteiger partial charge in [-0.2, -0.15) is 15.5 Å². The molecule has 0 saturated heterocycles. The number of aromatic nitrogens is 5. The summed E-state index contributed by atoms with van der Waals surface area (Å²) in [4.78, 5) is 8.57. The van der Waals surface area contributed by atoms with Crippen molar-refractivity contribution >= 4 is 17.1 Å². The molecule has 9 heteroatoms. The lowest BCUT2D eigenvalue weighted by atomic mass is 10.0. The molecule has 0 radical (unpaired) electrons. The predicted molar refractivity (Wildman–Crippen MR) is 104 cm³/mol. The van der Waals surface area contributed by atoms with E-state index < -0.39 is 0 Å². The average Bonchev–Trinajstić information content (AvgIpc) is 3.15. The van der Waals surface area contributed by atoms with E-state index in [4.69, 9.17) is 10.5 Å². The molecule has 0 aliphatic rings. The van der Waals surface area contributed by atoms with Gasteiger partial charge in [-0.15, -0.1) is 5.10 Å². The van der Waals surface area contributed by atoms with E-state index in [1.807, 2.05) is 36.4 Å². The molecule has 0 amide bonds. The molecule has 0 fully saturated rings. The van der Waals surface area contributed by atoms with Crippen molar-refractivity contribution in [2.24, 2.45) is 0 Å². The second-order valence-electron chi connectivity index (χ2n) is 6.22. The highest BCUT2D eigenvalue weighted by atomic mass is 16.5. The van der Waals surface area contributed by atoms with Crippen LogP contribution in [0.15, 0.2) is 42.5 Å². The second kappa shape index (κ2) is 7.25. The summed E-state index contributed by atoms with van der Waals surface area (Å²) in [5.41, 5.74) is 9.46. The van der Waals surface area contributed by atoms with Gasteiger partial charge in [0.1, 0.15) is 11.4 Å². The quantitative estimate of drug-likeness (QED) is 0.567. The number of hydrogen-bond donors (Lipinski definition) is 1. The molecule has 0 aliphatic carbocycles. The molecule has 9 nitrogen and oxygen atoms in total. The van der Waals surface area contributed by atoms with Crippen molar-refractivity contribution in [2.75, 3.05) is 12.8 Å². The molecule has 2 aromatic heterocycles. The van der Waals surface area contributed by atoms with Gasteiger partial charge in [0.15, 0.2) is 11.2 Å². The van der Waals surface area contributed by atoms with Crippen molar-refractivity contribution in [1.29, 1.82) is 10.5 Å². The Balaban J connectivity index is 1.82. The number of benzene rings is 2. The van der Waals surface area contributed by atoms with Crippen molar-refractivity contribution in [3.05, 3.63) is 59.2 Å². The van der Waals surface area contributed by atoms with E-state index >= 15 is 0 Å². The van der Waals surface area contributed by atoms with Gasteiger partial charge in [0.05, 0.1) is 36.9 Å². The standard InChI is InChI=1S/C20H14N8O/c1-29-16-4-2-12(3-5-16)11-28-19-18(26-27-28)17(24-20(23)25-19)15-7-13(9-21)6-14(8-15)10-22/h2-8H,11H2,1H3,(H2,23,24,25). The highest BCUT2D eigenvalue weighted by Crippen LogP contribution is 2.27. The van der Waals surface area contributed by atoms with E-state index in [-0.39, 0.29) is 5.95 Å². The van der Waals surface area contributed by atoms with Crippen molar-refractivity contribution < 1.29 is 4.74 Å². The van der Waals surface area contributed by atoms with Crippen molar-refractivity contribution in [1.82, 2.24) is 25.0 Å². The first-order valence-electron chi connectivity index (χ1n) is 8.56. The molecule has 0 aliphatic heterocycles. The first kappa shape index (κ1) is 17.9. The fourth-order valence-electron chi connectivity index (χ4n) is 2.98. The Morgan fingerprint density at radius 3 is 2.34 bits per heavy atom. The predicted octanol–water partition coefficient (Wildman–Crippen LogP) is 2.27. The zero-order valence-corrected chi connectivity index (χ0v) is 15.4. The van der Waals surface area contributed by atoms with E-state index in [2.05, 4.69) is 20.3 Å². The van der Waals surface area contributed by atoms with Crippen LogP contribution in [0.2, 0.25) is 0 Å². The lowest BCUT2D eigenvalue weighted by Gasteiger charge is -2.06. The highest BCUT2D eigenvalue weighted by molar-refractivity contribution is 5.88. The summed E-state index contributed by atoms with van der Waals surface area (Å²) in [7, 11) is 1.61. The van der Waals surface area contributed by atoms with Crippen LogP contribution in [0.5, 0.6) is 5.75 Å². The monoisotopic (exact) mass is 382 g/mol. The third-order valence-electron chi connectivity index (χ3n) is 4.34. The molecular formula is C20H14N8O. The Kier molecular flexibility index (Phi) is 4.47. The summed E-state index contributed by atoms with van der Waals surface area (Å²) < 4.78 is 6.80. The van der Waals surface area contributed by atoms with E-state index in [1.54, 1.807) is 23.9 Å². The Hall–Kier alpha value is -4.50. The highest BCUT2D eigenvalue weighted by Gasteiger charge is 2.17. The third-order valence-corrected chi connectivity index (χ3v) is 4.34. The number of ether oxygens (including phenoxy) is 1. The van der Waals surface area contributed by atoms with Crippen LogP contribution in [0.3, 0.4) is 0 Å². The van der Waals surface area contributed by atoms with Crippen LogP contribution in [0, 0.1) is 22.7 Å². The first-order valence-corrected chi connectivity index (χ1v) is 8.56. The molecule has 0 saturated carbocycles. The van der Waals surface area contributed by atoms with Crippen LogP contribution in [0.25, 0.3) is 22.4 Å². The van der Waals surface area contributed by atoms with Crippen molar-refractivity contribution in [2.45, 2.75) is 6.54 Å². The van der Waals surface area contributed by atoms with E-state index in [1.165, 1.54) is 6.07 Å². The molecule has 2 N–H and O–H groups in total. The summed E-state index contributed by atoms with van der Waals surface area (Å²) in [6, 6.07) is 16.4. The molecule has 140 valence electrons. The number of fused-ring (bicyclic) bond motifs is 1. The van der Waals surface area contributed by atoms with E-state index in [9.17, 15) is 10.5 Å². The Morgan fingerprint density at radius 2 is 1.72 bits per heavy atom. The Morgan fingerprint density at radius 1 is 1.03 bits per heavy atom. The van der Waals surface area contributed by atoms with Crippen molar-refractivity contribution in [3.63, 3.8) is 0 Å². The van der Waals surface area contributed by atoms with Crippen LogP contribution in [0.1, 0.15) is 16.7 Å². The number of nitriles is 2. The lowest BCUT2D eigenvalue weighted by molar-refractivity contribution is 0.414. The summed E-state index contributed by atoms with van der Waals surface area (Å²) >= 11 is 0. The maximum atomic E-state index is 9.24. The fourth-order valence-corrected chi connectivity index (χ4v) is 2.98. The number of methoxy groups -OCH3 is 1. The lowest BCUT2D eigenvalue weighted by Crippen LogP contribution is -2.05. The molecule has 0 spiro atoms. The molecule has 29 heavy (non-hydrogen) atoms. The zero-order valence-electron chi connectivity index (χ0n) is 15.4. The van der Waals surface area contributed by atoms with Gasteiger partial charge >= 0.3 is 0 Å². The van der Waals surface area contributed by atoms with E-state index in [0.717, 1.165) is 11.3 Å². The van der Waals surface area contributed by atoms with Gasteiger partial charge < -0.3 is 10.5 Å². The molecule has 0 unspecified atom stereocenters. The van der Waals surface area contributed by atoms with Crippen LogP contribution >= 0.6 is 0 Å². The fraction of sp³-hybridized carbons (Fsp3) is 0.100. The number of nitrogens with zero attached hydrogens (tertiary/aromatic N) is 7. The van der Waals surface area contributed by atoms with Gasteiger partial charge in [-0.25, -0.2) is 9.67 Å². The first-order chi connectivity index (χ1) is 14.1. The number of anilines is 1. The molecule has 4 aromatic rings. The average molecular weight is 382 g/mol. The molecule has 0 bridgehead atoms. The summed E-state index contributed by atoms with van der Waals surface area (Å²) in [5, 5.41) is 26.9. The molecule has 0 atom stereocenters. The minimum atomic E-state index is 0.0478. The third kappa shape index (κ3) is 3.40. The Bertz CT molecular complexity index is 1260. The topological polar surface area (TPSA) is 139 Å². The van der Waals surface area contributed by atoms with E-state index in [0.29, 0.717) is 40.1 Å². The molecule has 2 heterocycles. The second-order valence-corrected chi connectivity index (χ2v) is 6.22. The zero-order chi connectivity index (χ0) is 20.4. The number of nitrogen functional groups attached to an aromatic ring is 1. The van der Waals surface area contributed by atoms with Gasteiger partial charge in [0.2, 0.25) is 5.95 Å². The van der Waals surface area contributed by atoms with Crippen LogP contribution < -0.4 is 10.5 Å². The normalized spacial score (nSPS) is 10.4. The minimum absolute atomic E-state index is 0.0478. The summed E-state index contributed by atoms with van der Waals surface area (Å²) in [6.07, 6.45) is 0. The van der Waals surface area contributed by atoms with Gasteiger partial charge in [-0.3, -0.25) is 0 Å². The molecule has 4 rings (SSSR count).